The number of hydrogen-bond donors (Lipinski definition) is 1. The number of carboxylic acids is 1. The van der Waals surface area contributed by atoms with Crippen molar-refractivity contribution < 1.29 is 14.4 Å². The van der Waals surface area contributed by atoms with Crippen LogP contribution >= 0.6 is 0 Å². The van der Waals surface area contributed by atoms with Crippen LogP contribution in [-0.4, -0.2) is 36.4 Å². The van der Waals surface area contributed by atoms with Crippen LogP contribution in [0.4, 0.5) is 0 Å². The van der Waals surface area contributed by atoms with E-state index in [1.54, 1.807) is 0 Å². The molecule has 0 aliphatic heterocycles. The van der Waals surface area contributed by atoms with E-state index in [0.717, 1.165) is 5.56 Å². The van der Waals surface area contributed by atoms with Gasteiger partial charge < -0.3 is 9.63 Å². The van der Waals surface area contributed by atoms with Gasteiger partial charge in [-0.3, -0.25) is 0 Å². The zero-order valence-corrected chi connectivity index (χ0v) is 10.2. The summed E-state index contributed by atoms with van der Waals surface area (Å²) < 4.78 is 4.89. The number of aromatic carboxylic acids is 1. The number of hydrogen-bond acceptors (Lipinski definition) is 6. The van der Waals surface area contributed by atoms with Crippen LogP contribution in [-0.2, 0) is 6.54 Å². The van der Waals surface area contributed by atoms with Gasteiger partial charge >= 0.3 is 5.97 Å². The normalized spacial score (nSPS) is 10.6. The van der Waals surface area contributed by atoms with Crippen LogP contribution in [0.2, 0.25) is 0 Å². The fourth-order valence-corrected chi connectivity index (χ4v) is 1.64. The minimum Gasteiger partial charge on any atom is -0.476 e. The number of nitrogens with zero attached hydrogens (tertiary/aromatic N) is 5. The molecule has 0 saturated carbocycles. The van der Waals surface area contributed by atoms with Crippen LogP contribution in [0, 0.1) is 0 Å². The second kappa shape index (κ2) is 4.92. The molecule has 1 N–H and O–H groups in total. The Morgan fingerprint density at radius 3 is 2.80 bits per heavy atom. The summed E-state index contributed by atoms with van der Waals surface area (Å²) in [7, 11) is 0. The van der Waals surface area contributed by atoms with Gasteiger partial charge in [-0.2, -0.15) is 4.80 Å². The maximum absolute atomic E-state index is 10.7. The third kappa shape index (κ3) is 2.39. The zero-order valence-electron chi connectivity index (χ0n) is 10.2. The highest BCUT2D eigenvalue weighted by Gasteiger charge is 2.12. The SMILES string of the molecule is O=C(O)c1cc(Cn2nnc(-c3ccccc3)n2)on1. The van der Waals surface area contributed by atoms with Crippen LogP contribution in [0.1, 0.15) is 16.2 Å². The van der Waals surface area contributed by atoms with Gasteiger partial charge in [0, 0.05) is 11.6 Å². The summed E-state index contributed by atoms with van der Waals surface area (Å²) in [4.78, 5) is 12.0. The number of rotatable bonds is 4. The van der Waals surface area contributed by atoms with E-state index in [2.05, 4.69) is 20.6 Å². The molecule has 0 aliphatic rings. The maximum Gasteiger partial charge on any atom is 0.358 e. The molecule has 0 spiro atoms. The molecule has 0 bridgehead atoms. The van der Waals surface area contributed by atoms with Gasteiger partial charge in [0.05, 0.1) is 0 Å². The number of aromatic nitrogens is 5. The first-order chi connectivity index (χ1) is 9.72. The summed E-state index contributed by atoms with van der Waals surface area (Å²) in [6, 6.07) is 10.7. The van der Waals surface area contributed by atoms with Gasteiger partial charge in [-0.15, -0.1) is 10.2 Å². The minimum atomic E-state index is -1.14. The van der Waals surface area contributed by atoms with Crippen molar-refractivity contribution in [2.24, 2.45) is 0 Å². The second-order valence-electron chi connectivity index (χ2n) is 3.99. The van der Waals surface area contributed by atoms with Crippen molar-refractivity contribution in [1.82, 2.24) is 25.4 Å². The molecule has 3 rings (SSSR count). The highest BCUT2D eigenvalue weighted by Crippen LogP contribution is 2.12. The van der Waals surface area contributed by atoms with Crippen molar-refractivity contribution in [3.8, 4) is 11.4 Å². The van der Waals surface area contributed by atoms with Crippen LogP contribution in [0.5, 0.6) is 0 Å². The summed E-state index contributed by atoms with van der Waals surface area (Å²) >= 11 is 0. The first kappa shape index (κ1) is 12.0. The fraction of sp³-hybridized carbons (Fsp3) is 0.0833. The van der Waals surface area contributed by atoms with Gasteiger partial charge in [0.15, 0.2) is 11.5 Å². The summed E-state index contributed by atoms with van der Waals surface area (Å²) in [6.45, 7) is 0.167. The highest BCUT2D eigenvalue weighted by atomic mass is 16.5. The lowest BCUT2D eigenvalue weighted by atomic mass is 10.2. The van der Waals surface area contributed by atoms with Crippen molar-refractivity contribution in [1.29, 1.82) is 0 Å². The van der Waals surface area contributed by atoms with Gasteiger partial charge in [0.1, 0.15) is 6.54 Å². The minimum absolute atomic E-state index is 0.150. The molecule has 2 aromatic heterocycles. The van der Waals surface area contributed by atoms with Crippen molar-refractivity contribution in [3.05, 3.63) is 47.9 Å². The van der Waals surface area contributed by atoms with Gasteiger partial charge in [0.25, 0.3) is 0 Å². The van der Waals surface area contributed by atoms with E-state index < -0.39 is 5.97 Å². The Morgan fingerprint density at radius 2 is 2.10 bits per heavy atom. The lowest BCUT2D eigenvalue weighted by Crippen LogP contribution is -2.03. The first-order valence-corrected chi connectivity index (χ1v) is 5.74. The molecule has 0 atom stereocenters. The van der Waals surface area contributed by atoms with Crippen molar-refractivity contribution in [3.63, 3.8) is 0 Å². The van der Waals surface area contributed by atoms with Gasteiger partial charge in [-0.05, 0) is 5.21 Å². The standard InChI is InChI=1S/C12H9N5O3/c18-12(19)10-6-9(20-15-10)7-17-14-11(13-16-17)8-4-2-1-3-5-8/h1-6H,7H2,(H,18,19). The fourth-order valence-electron chi connectivity index (χ4n) is 1.64. The van der Waals surface area contributed by atoms with E-state index in [-0.39, 0.29) is 12.2 Å². The van der Waals surface area contributed by atoms with Gasteiger partial charge in [0.2, 0.25) is 5.82 Å². The second-order valence-corrected chi connectivity index (χ2v) is 3.99. The third-order valence-corrected chi connectivity index (χ3v) is 2.56. The topological polar surface area (TPSA) is 107 Å². The largest absolute Gasteiger partial charge is 0.476 e. The average molecular weight is 271 g/mol. The quantitative estimate of drug-likeness (QED) is 0.756. The van der Waals surface area contributed by atoms with Crippen LogP contribution in [0.3, 0.4) is 0 Å². The Morgan fingerprint density at radius 1 is 1.30 bits per heavy atom. The van der Waals surface area contributed by atoms with Crippen molar-refractivity contribution in [2.45, 2.75) is 6.54 Å². The lowest BCUT2D eigenvalue weighted by molar-refractivity contribution is 0.0685. The monoisotopic (exact) mass is 271 g/mol. The first-order valence-electron chi connectivity index (χ1n) is 5.74. The Hall–Kier alpha value is -3.03. The summed E-state index contributed by atoms with van der Waals surface area (Å²) in [5.74, 6) is -0.306. The molecule has 8 nitrogen and oxygen atoms in total. The van der Waals surface area contributed by atoms with E-state index in [0.29, 0.717) is 11.6 Å². The summed E-state index contributed by atoms with van der Waals surface area (Å²) in [6.07, 6.45) is 0. The molecule has 0 radical (unpaired) electrons. The number of carboxylic acid groups (broad SMARTS) is 1. The molecule has 20 heavy (non-hydrogen) atoms. The molecule has 0 amide bonds. The molecular weight excluding hydrogens is 262 g/mol. The van der Waals surface area contributed by atoms with E-state index >= 15 is 0 Å². The predicted octanol–water partition coefficient (Wildman–Crippen LogP) is 1.07. The molecule has 3 aromatic rings. The van der Waals surface area contributed by atoms with Gasteiger partial charge in [-0.25, -0.2) is 4.79 Å². The zero-order chi connectivity index (χ0) is 13.9. The number of tetrazole rings is 1. The summed E-state index contributed by atoms with van der Waals surface area (Å²) in [5, 5.41) is 24.2. The molecule has 1 aromatic carbocycles. The molecule has 0 fully saturated rings. The molecule has 2 heterocycles. The van der Waals surface area contributed by atoms with Crippen molar-refractivity contribution >= 4 is 5.97 Å². The Balaban J connectivity index is 1.78. The molecule has 0 saturated heterocycles. The number of benzene rings is 1. The van der Waals surface area contributed by atoms with Gasteiger partial charge in [-0.1, -0.05) is 35.5 Å². The highest BCUT2D eigenvalue weighted by molar-refractivity contribution is 5.85. The van der Waals surface area contributed by atoms with E-state index in [1.165, 1.54) is 10.9 Å². The molecule has 0 aliphatic carbocycles. The van der Waals surface area contributed by atoms with Crippen LogP contribution in [0.25, 0.3) is 11.4 Å². The van der Waals surface area contributed by atoms with E-state index in [9.17, 15) is 4.79 Å². The molecular formula is C12H9N5O3. The summed E-state index contributed by atoms with van der Waals surface area (Å²) in [5.41, 5.74) is 0.700. The molecule has 0 unspecified atom stereocenters. The molecule has 100 valence electrons. The van der Waals surface area contributed by atoms with E-state index in [1.807, 2.05) is 30.3 Å². The Kier molecular flexibility index (Phi) is 2.96. The van der Waals surface area contributed by atoms with Crippen LogP contribution < -0.4 is 0 Å². The lowest BCUT2D eigenvalue weighted by Gasteiger charge is -1.93. The third-order valence-electron chi connectivity index (χ3n) is 2.56. The van der Waals surface area contributed by atoms with Crippen molar-refractivity contribution in [2.75, 3.05) is 0 Å². The maximum atomic E-state index is 10.7. The van der Waals surface area contributed by atoms with Crippen LogP contribution in [0.15, 0.2) is 40.9 Å². The Bertz CT molecular complexity index is 734. The van der Waals surface area contributed by atoms with E-state index in [4.69, 9.17) is 9.63 Å². The number of carbonyl (C=O) groups is 1. The Labute approximate surface area is 112 Å². The predicted molar refractivity (Wildman–Crippen MR) is 65.8 cm³/mol. The average Bonchev–Trinajstić information content (AvgIpc) is 3.10. The molecule has 8 heteroatoms. The smallest absolute Gasteiger partial charge is 0.358 e.